The van der Waals surface area contributed by atoms with Gasteiger partial charge in [-0.3, -0.25) is 0 Å². The molecule has 0 amide bonds. The Morgan fingerprint density at radius 3 is 2.33 bits per heavy atom. The standard InChI is InChI=1S/C18H18F2O4/c1-11(2)9-15(18(19,20)17(22)23)24-16(21)14-8-7-12-5-3-4-6-13(12)10-14/h3-8,10-11,15H,9H2,1-2H3,(H,22,23). The minimum atomic E-state index is -4.14. The third kappa shape index (κ3) is 3.88. The molecule has 4 nitrogen and oxygen atoms in total. The second kappa shape index (κ2) is 6.95. The van der Waals surface area contributed by atoms with Gasteiger partial charge >= 0.3 is 17.9 Å². The SMILES string of the molecule is CC(C)CC(OC(=O)c1ccc2ccccc2c1)C(F)(F)C(=O)O. The van der Waals surface area contributed by atoms with Crippen molar-refractivity contribution >= 4 is 22.7 Å². The van der Waals surface area contributed by atoms with Crippen LogP contribution in [-0.2, 0) is 9.53 Å². The van der Waals surface area contributed by atoms with Crippen molar-refractivity contribution in [1.29, 1.82) is 0 Å². The molecule has 128 valence electrons. The van der Waals surface area contributed by atoms with Crippen LogP contribution in [0.1, 0.15) is 30.6 Å². The number of carboxylic acids is 1. The average Bonchev–Trinajstić information content (AvgIpc) is 2.53. The number of fused-ring (bicyclic) bond motifs is 1. The summed E-state index contributed by atoms with van der Waals surface area (Å²) in [7, 11) is 0. The van der Waals surface area contributed by atoms with E-state index in [2.05, 4.69) is 0 Å². The van der Waals surface area contributed by atoms with Gasteiger partial charge in [0.2, 0.25) is 0 Å². The van der Waals surface area contributed by atoms with Gasteiger partial charge in [0.05, 0.1) is 5.56 Å². The highest BCUT2D eigenvalue weighted by molar-refractivity contribution is 5.95. The molecule has 2 aromatic rings. The highest BCUT2D eigenvalue weighted by Crippen LogP contribution is 2.28. The second-order valence-electron chi connectivity index (χ2n) is 6.01. The number of hydrogen-bond donors (Lipinski definition) is 1. The zero-order chi connectivity index (χ0) is 17.9. The molecule has 2 aromatic carbocycles. The zero-order valence-corrected chi connectivity index (χ0v) is 13.3. The molecule has 0 heterocycles. The fraction of sp³-hybridized carbons (Fsp3) is 0.333. The topological polar surface area (TPSA) is 63.6 Å². The fourth-order valence-corrected chi connectivity index (χ4v) is 2.35. The van der Waals surface area contributed by atoms with E-state index in [9.17, 15) is 18.4 Å². The van der Waals surface area contributed by atoms with E-state index < -0.39 is 24.0 Å². The van der Waals surface area contributed by atoms with E-state index >= 15 is 0 Å². The van der Waals surface area contributed by atoms with Gasteiger partial charge in [-0.05, 0) is 35.2 Å². The van der Waals surface area contributed by atoms with Crippen molar-refractivity contribution in [3.8, 4) is 0 Å². The lowest BCUT2D eigenvalue weighted by Gasteiger charge is -2.25. The summed E-state index contributed by atoms with van der Waals surface area (Å²) in [6.07, 6.45) is -2.27. The van der Waals surface area contributed by atoms with Gasteiger partial charge in [0, 0.05) is 0 Å². The summed E-state index contributed by atoms with van der Waals surface area (Å²) in [5.41, 5.74) is 0.101. The summed E-state index contributed by atoms with van der Waals surface area (Å²) in [4.78, 5) is 23.0. The van der Waals surface area contributed by atoms with Gasteiger partial charge in [-0.2, -0.15) is 8.78 Å². The van der Waals surface area contributed by atoms with E-state index in [1.54, 1.807) is 32.0 Å². The molecule has 2 rings (SSSR count). The van der Waals surface area contributed by atoms with Gasteiger partial charge in [-0.1, -0.05) is 44.2 Å². The van der Waals surface area contributed by atoms with E-state index in [4.69, 9.17) is 9.84 Å². The van der Waals surface area contributed by atoms with Crippen LogP contribution >= 0.6 is 0 Å². The van der Waals surface area contributed by atoms with Crippen molar-refractivity contribution in [3.63, 3.8) is 0 Å². The van der Waals surface area contributed by atoms with E-state index in [0.717, 1.165) is 10.8 Å². The number of benzene rings is 2. The van der Waals surface area contributed by atoms with Crippen LogP contribution in [-0.4, -0.2) is 29.1 Å². The van der Waals surface area contributed by atoms with Crippen molar-refractivity contribution < 1.29 is 28.2 Å². The molecule has 0 aliphatic rings. The van der Waals surface area contributed by atoms with Crippen LogP contribution in [0.3, 0.4) is 0 Å². The normalized spacial score (nSPS) is 13.0. The molecule has 6 heteroatoms. The maximum atomic E-state index is 13.8. The molecule has 0 spiro atoms. The van der Waals surface area contributed by atoms with Gasteiger partial charge in [0.1, 0.15) is 0 Å². The molecule has 1 atom stereocenters. The Kier molecular flexibility index (Phi) is 5.17. The molecular weight excluding hydrogens is 318 g/mol. The molecule has 1 unspecified atom stereocenters. The first-order chi connectivity index (χ1) is 11.2. The third-order valence-electron chi connectivity index (χ3n) is 3.61. The molecule has 0 saturated heterocycles. The summed E-state index contributed by atoms with van der Waals surface area (Å²) < 4.78 is 32.5. The highest BCUT2D eigenvalue weighted by Gasteiger charge is 2.50. The maximum absolute atomic E-state index is 13.8. The molecule has 0 aromatic heterocycles. The fourth-order valence-electron chi connectivity index (χ4n) is 2.35. The Morgan fingerprint density at radius 2 is 1.75 bits per heavy atom. The number of carbonyl (C=O) groups is 2. The van der Waals surface area contributed by atoms with Gasteiger partial charge < -0.3 is 9.84 Å². The number of rotatable bonds is 6. The number of carboxylic acid groups (broad SMARTS) is 1. The van der Waals surface area contributed by atoms with Crippen molar-refractivity contribution in [2.24, 2.45) is 5.92 Å². The molecule has 1 N–H and O–H groups in total. The van der Waals surface area contributed by atoms with Crippen LogP contribution in [0.25, 0.3) is 10.8 Å². The van der Waals surface area contributed by atoms with Gasteiger partial charge in [-0.15, -0.1) is 0 Å². The van der Waals surface area contributed by atoms with Crippen LogP contribution in [0.4, 0.5) is 8.78 Å². The number of carbonyl (C=O) groups excluding carboxylic acids is 1. The number of aliphatic carboxylic acids is 1. The Labute approximate surface area is 138 Å². The average molecular weight is 336 g/mol. The lowest BCUT2D eigenvalue weighted by atomic mass is 10.0. The predicted octanol–water partition coefficient (Wildman–Crippen LogP) is 4.13. The Morgan fingerprint density at radius 1 is 1.12 bits per heavy atom. The molecule has 0 saturated carbocycles. The molecule has 0 bridgehead atoms. The van der Waals surface area contributed by atoms with Crippen molar-refractivity contribution in [1.82, 2.24) is 0 Å². The number of esters is 1. The van der Waals surface area contributed by atoms with Crippen LogP contribution in [0.5, 0.6) is 0 Å². The molecule has 0 aliphatic carbocycles. The third-order valence-corrected chi connectivity index (χ3v) is 3.61. The van der Waals surface area contributed by atoms with Crippen molar-refractivity contribution in [3.05, 3.63) is 48.0 Å². The molecule has 24 heavy (non-hydrogen) atoms. The number of halogens is 2. The van der Waals surface area contributed by atoms with E-state index in [-0.39, 0.29) is 17.9 Å². The lowest BCUT2D eigenvalue weighted by molar-refractivity contribution is -0.183. The molecule has 0 fully saturated rings. The molecule has 0 radical (unpaired) electrons. The largest absolute Gasteiger partial charge is 0.477 e. The monoisotopic (exact) mass is 336 g/mol. The number of alkyl halides is 2. The van der Waals surface area contributed by atoms with Crippen LogP contribution in [0.2, 0.25) is 0 Å². The first-order valence-electron chi connectivity index (χ1n) is 7.52. The van der Waals surface area contributed by atoms with Gasteiger partial charge in [0.25, 0.3) is 0 Å². The summed E-state index contributed by atoms with van der Waals surface area (Å²) in [6.45, 7) is 3.30. The van der Waals surface area contributed by atoms with Crippen molar-refractivity contribution in [2.75, 3.05) is 0 Å². The second-order valence-corrected chi connectivity index (χ2v) is 6.01. The smallest absolute Gasteiger partial charge is 0.378 e. The summed E-state index contributed by atoms with van der Waals surface area (Å²) in [5, 5.41) is 10.4. The van der Waals surface area contributed by atoms with Crippen LogP contribution in [0, 0.1) is 5.92 Å². The Bertz CT molecular complexity index is 756. The Hall–Kier alpha value is -2.50. The lowest BCUT2D eigenvalue weighted by Crippen LogP contribution is -2.44. The van der Waals surface area contributed by atoms with Crippen molar-refractivity contribution in [2.45, 2.75) is 32.3 Å². The number of ether oxygens (including phenoxy) is 1. The van der Waals surface area contributed by atoms with E-state index in [1.807, 2.05) is 12.1 Å². The van der Waals surface area contributed by atoms with E-state index in [1.165, 1.54) is 12.1 Å². The van der Waals surface area contributed by atoms with Gasteiger partial charge in [0.15, 0.2) is 6.10 Å². The number of hydrogen-bond acceptors (Lipinski definition) is 3. The highest BCUT2D eigenvalue weighted by atomic mass is 19.3. The summed E-state index contributed by atoms with van der Waals surface area (Å²) in [6, 6.07) is 11.9. The first-order valence-corrected chi connectivity index (χ1v) is 7.52. The summed E-state index contributed by atoms with van der Waals surface area (Å²) >= 11 is 0. The Balaban J connectivity index is 2.26. The molecular formula is C18H18F2O4. The predicted molar refractivity (Wildman–Crippen MR) is 85.2 cm³/mol. The zero-order valence-electron chi connectivity index (χ0n) is 13.3. The first kappa shape index (κ1) is 17.8. The minimum Gasteiger partial charge on any atom is -0.477 e. The summed E-state index contributed by atoms with van der Waals surface area (Å²) in [5.74, 6) is -7.67. The minimum absolute atomic E-state index is 0.101. The quantitative estimate of drug-likeness (QED) is 0.806. The van der Waals surface area contributed by atoms with Gasteiger partial charge in [-0.25, -0.2) is 9.59 Å². The van der Waals surface area contributed by atoms with E-state index in [0.29, 0.717) is 0 Å². The maximum Gasteiger partial charge on any atom is 0.378 e. The van der Waals surface area contributed by atoms with Crippen LogP contribution < -0.4 is 0 Å². The van der Waals surface area contributed by atoms with Crippen LogP contribution in [0.15, 0.2) is 42.5 Å². The molecule has 0 aliphatic heterocycles.